The van der Waals surface area contributed by atoms with E-state index in [-0.39, 0.29) is 5.91 Å². The molecule has 114 valence electrons. The van der Waals surface area contributed by atoms with Crippen LogP contribution in [-0.4, -0.2) is 37.0 Å². The number of benzene rings is 1. The first kappa shape index (κ1) is 14.3. The number of fused-ring (bicyclic) bond motifs is 1. The number of rotatable bonds is 5. The first-order chi connectivity index (χ1) is 10.6. The smallest absolute Gasteiger partial charge is 0.224 e. The van der Waals surface area contributed by atoms with E-state index in [4.69, 9.17) is 0 Å². The van der Waals surface area contributed by atoms with Gasteiger partial charge >= 0.3 is 0 Å². The highest BCUT2D eigenvalue weighted by atomic mass is 16.2. The molecule has 0 fully saturated rings. The van der Waals surface area contributed by atoms with Crippen LogP contribution in [-0.2, 0) is 24.9 Å². The van der Waals surface area contributed by atoms with Gasteiger partial charge in [-0.1, -0.05) is 12.1 Å². The SMILES string of the molecule is CN(Cc1nccn1C)C(=O)CCn1cnc2ccccc21. The van der Waals surface area contributed by atoms with E-state index in [1.165, 1.54) is 0 Å². The highest BCUT2D eigenvalue weighted by molar-refractivity contribution is 5.77. The van der Waals surface area contributed by atoms with Gasteiger partial charge in [0.05, 0.1) is 23.9 Å². The van der Waals surface area contributed by atoms with Crippen LogP contribution in [0.4, 0.5) is 0 Å². The van der Waals surface area contributed by atoms with Crippen molar-refractivity contribution < 1.29 is 4.79 Å². The topological polar surface area (TPSA) is 56.0 Å². The van der Waals surface area contributed by atoms with Gasteiger partial charge in [0.2, 0.25) is 5.91 Å². The van der Waals surface area contributed by atoms with Crippen molar-refractivity contribution in [2.24, 2.45) is 7.05 Å². The zero-order valence-electron chi connectivity index (χ0n) is 12.8. The standard InChI is InChI=1S/C16H19N5O/c1-19-10-8-17-15(19)11-20(2)16(22)7-9-21-12-18-13-5-3-4-6-14(13)21/h3-6,8,10,12H,7,9,11H2,1-2H3. The number of nitrogens with zero attached hydrogens (tertiary/aromatic N) is 5. The lowest BCUT2D eigenvalue weighted by Crippen LogP contribution is -2.28. The van der Waals surface area contributed by atoms with Gasteiger partial charge in [-0.2, -0.15) is 0 Å². The van der Waals surface area contributed by atoms with Crippen LogP contribution in [0, 0.1) is 0 Å². The van der Waals surface area contributed by atoms with Crippen molar-refractivity contribution in [3.05, 3.63) is 48.8 Å². The molecule has 0 spiro atoms. The van der Waals surface area contributed by atoms with Crippen molar-refractivity contribution in [3.63, 3.8) is 0 Å². The summed E-state index contributed by atoms with van der Waals surface area (Å²) in [5.41, 5.74) is 2.01. The fourth-order valence-corrected chi connectivity index (χ4v) is 2.44. The molecule has 0 unspecified atom stereocenters. The Kier molecular flexibility index (Phi) is 3.91. The Balaban J connectivity index is 1.61. The largest absolute Gasteiger partial charge is 0.338 e. The van der Waals surface area contributed by atoms with Crippen molar-refractivity contribution in [2.45, 2.75) is 19.5 Å². The average Bonchev–Trinajstić information content (AvgIpc) is 3.11. The first-order valence-electron chi connectivity index (χ1n) is 7.25. The molecule has 0 aliphatic carbocycles. The van der Waals surface area contributed by atoms with E-state index in [9.17, 15) is 4.79 Å². The minimum Gasteiger partial charge on any atom is -0.338 e. The monoisotopic (exact) mass is 297 g/mol. The van der Waals surface area contributed by atoms with Crippen LogP contribution < -0.4 is 0 Å². The third-order valence-corrected chi connectivity index (χ3v) is 3.82. The second-order valence-electron chi connectivity index (χ2n) is 5.38. The molecular formula is C16H19N5O. The molecule has 0 aliphatic heterocycles. The minimum absolute atomic E-state index is 0.0979. The van der Waals surface area contributed by atoms with Gasteiger partial charge in [0, 0.05) is 39.5 Å². The fraction of sp³-hybridized carbons (Fsp3) is 0.312. The molecule has 3 rings (SSSR count). The molecule has 0 atom stereocenters. The molecule has 22 heavy (non-hydrogen) atoms. The number of carbonyl (C=O) groups excluding carboxylic acids is 1. The maximum absolute atomic E-state index is 12.3. The van der Waals surface area contributed by atoms with Gasteiger partial charge in [0.15, 0.2) is 0 Å². The fourth-order valence-electron chi connectivity index (χ4n) is 2.44. The molecular weight excluding hydrogens is 278 g/mol. The Hall–Kier alpha value is -2.63. The molecule has 2 heterocycles. The summed E-state index contributed by atoms with van der Waals surface area (Å²) in [6.07, 6.45) is 5.86. The molecule has 6 heteroatoms. The molecule has 3 aromatic rings. The number of aromatic nitrogens is 4. The third kappa shape index (κ3) is 2.86. The van der Waals surface area contributed by atoms with E-state index in [0.29, 0.717) is 19.5 Å². The zero-order chi connectivity index (χ0) is 15.5. The number of para-hydroxylation sites is 2. The predicted octanol–water partition coefficient (Wildman–Crippen LogP) is 1.82. The summed E-state index contributed by atoms with van der Waals surface area (Å²) in [6, 6.07) is 7.94. The Bertz CT molecular complexity index is 789. The summed E-state index contributed by atoms with van der Waals surface area (Å²) < 4.78 is 3.94. The minimum atomic E-state index is 0.0979. The van der Waals surface area contributed by atoms with E-state index in [1.807, 2.05) is 53.7 Å². The van der Waals surface area contributed by atoms with Crippen molar-refractivity contribution in [3.8, 4) is 0 Å². The summed E-state index contributed by atoms with van der Waals surface area (Å²) in [5, 5.41) is 0. The highest BCUT2D eigenvalue weighted by Gasteiger charge is 2.12. The summed E-state index contributed by atoms with van der Waals surface area (Å²) >= 11 is 0. The molecule has 1 aromatic carbocycles. The second-order valence-corrected chi connectivity index (χ2v) is 5.38. The van der Waals surface area contributed by atoms with Gasteiger partial charge in [-0.05, 0) is 12.1 Å². The van der Waals surface area contributed by atoms with Crippen LogP contribution in [0.5, 0.6) is 0 Å². The Morgan fingerprint density at radius 1 is 1.27 bits per heavy atom. The third-order valence-electron chi connectivity index (χ3n) is 3.82. The maximum atomic E-state index is 12.3. The van der Waals surface area contributed by atoms with Gasteiger partial charge in [0.1, 0.15) is 5.82 Å². The molecule has 0 N–H and O–H groups in total. The van der Waals surface area contributed by atoms with Crippen molar-refractivity contribution in [1.29, 1.82) is 0 Å². The number of aryl methyl sites for hydroxylation is 2. The van der Waals surface area contributed by atoms with Crippen molar-refractivity contribution >= 4 is 16.9 Å². The normalized spacial score (nSPS) is 11.0. The van der Waals surface area contributed by atoms with Crippen LogP contribution in [0.3, 0.4) is 0 Å². The van der Waals surface area contributed by atoms with Gasteiger partial charge in [-0.25, -0.2) is 9.97 Å². The van der Waals surface area contributed by atoms with Crippen molar-refractivity contribution in [2.75, 3.05) is 7.05 Å². The number of hydrogen-bond acceptors (Lipinski definition) is 3. The van der Waals surface area contributed by atoms with E-state index in [0.717, 1.165) is 16.9 Å². The maximum Gasteiger partial charge on any atom is 0.224 e. The van der Waals surface area contributed by atoms with E-state index >= 15 is 0 Å². The first-order valence-corrected chi connectivity index (χ1v) is 7.25. The number of carbonyl (C=O) groups is 1. The van der Waals surface area contributed by atoms with Crippen LogP contribution in [0.2, 0.25) is 0 Å². The van der Waals surface area contributed by atoms with Crippen LogP contribution in [0.1, 0.15) is 12.2 Å². The summed E-state index contributed by atoms with van der Waals surface area (Å²) in [4.78, 5) is 22.6. The molecule has 0 aliphatic rings. The van der Waals surface area contributed by atoms with E-state index < -0.39 is 0 Å². The summed E-state index contributed by atoms with van der Waals surface area (Å²) in [6.45, 7) is 1.15. The Labute approximate surface area is 129 Å². The molecule has 0 saturated carbocycles. The van der Waals surface area contributed by atoms with Gasteiger partial charge in [-0.3, -0.25) is 4.79 Å². The number of imidazole rings is 2. The second kappa shape index (κ2) is 6.01. The zero-order valence-corrected chi connectivity index (χ0v) is 12.8. The van der Waals surface area contributed by atoms with E-state index in [1.54, 1.807) is 17.4 Å². The van der Waals surface area contributed by atoms with Gasteiger partial charge in [0.25, 0.3) is 0 Å². The van der Waals surface area contributed by atoms with Crippen LogP contribution in [0.15, 0.2) is 43.0 Å². The lowest BCUT2D eigenvalue weighted by Gasteiger charge is -2.17. The van der Waals surface area contributed by atoms with Crippen LogP contribution in [0.25, 0.3) is 11.0 Å². The number of amides is 1. The lowest BCUT2D eigenvalue weighted by molar-refractivity contribution is -0.130. The lowest BCUT2D eigenvalue weighted by atomic mass is 10.3. The molecule has 0 bridgehead atoms. The molecule has 0 saturated heterocycles. The number of hydrogen-bond donors (Lipinski definition) is 0. The molecule has 6 nitrogen and oxygen atoms in total. The average molecular weight is 297 g/mol. The van der Waals surface area contributed by atoms with Gasteiger partial charge in [-0.15, -0.1) is 0 Å². The highest BCUT2D eigenvalue weighted by Crippen LogP contribution is 2.12. The summed E-state index contributed by atoms with van der Waals surface area (Å²) in [5.74, 6) is 0.977. The molecule has 2 aromatic heterocycles. The quantitative estimate of drug-likeness (QED) is 0.722. The molecule has 1 amide bonds. The van der Waals surface area contributed by atoms with Crippen LogP contribution >= 0.6 is 0 Å². The summed E-state index contributed by atoms with van der Waals surface area (Å²) in [7, 11) is 3.74. The van der Waals surface area contributed by atoms with Crippen molar-refractivity contribution in [1.82, 2.24) is 24.0 Å². The molecule has 0 radical (unpaired) electrons. The Morgan fingerprint density at radius 3 is 2.86 bits per heavy atom. The van der Waals surface area contributed by atoms with E-state index in [2.05, 4.69) is 9.97 Å². The van der Waals surface area contributed by atoms with Gasteiger partial charge < -0.3 is 14.0 Å². The Morgan fingerprint density at radius 2 is 2.09 bits per heavy atom. The predicted molar refractivity (Wildman–Crippen MR) is 84.0 cm³/mol.